The fourth-order valence-electron chi connectivity index (χ4n) is 3.12. The van der Waals surface area contributed by atoms with Crippen LogP contribution in [0.3, 0.4) is 0 Å². The standard InChI is InChI=1S/C23H25NO.ClH/c24-23(13-11-20(17-25)14-18-6-2-1-3-7-18)16-19-10-12-21-8-4-5-9-22(21)15-19;/h1-13,15,20,23,25H,14,16-17,24H2;1H/t20?,23-;/m0./s1. The molecule has 0 saturated carbocycles. The van der Waals surface area contributed by atoms with Crippen LogP contribution in [0, 0.1) is 5.92 Å². The number of aliphatic hydroxyl groups is 1. The quantitative estimate of drug-likeness (QED) is 0.602. The van der Waals surface area contributed by atoms with E-state index < -0.39 is 0 Å². The van der Waals surface area contributed by atoms with Crippen molar-refractivity contribution in [1.82, 2.24) is 0 Å². The zero-order valence-electron chi connectivity index (χ0n) is 14.8. The van der Waals surface area contributed by atoms with Gasteiger partial charge in [0.05, 0.1) is 0 Å². The van der Waals surface area contributed by atoms with Crippen molar-refractivity contribution < 1.29 is 5.11 Å². The Hall–Kier alpha value is -2.13. The molecule has 2 atom stereocenters. The van der Waals surface area contributed by atoms with E-state index in [1.807, 2.05) is 24.3 Å². The minimum Gasteiger partial charge on any atom is -0.396 e. The van der Waals surface area contributed by atoms with Gasteiger partial charge in [-0.25, -0.2) is 0 Å². The first kappa shape index (κ1) is 20.2. The van der Waals surface area contributed by atoms with Crippen molar-refractivity contribution in [2.45, 2.75) is 18.9 Å². The maximum absolute atomic E-state index is 9.62. The zero-order chi connectivity index (χ0) is 17.5. The van der Waals surface area contributed by atoms with E-state index in [9.17, 15) is 5.11 Å². The molecule has 0 spiro atoms. The van der Waals surface area contributed by atoms with Gasteiger partial charge in [0.25, 0.3) is 0 Å². The molecule has 0 radical (unpaired) electrons. The van der Waals surface area contributed by atoms with E-state index in [0.717, 1.165) is 12.8 Å². The zero-order valence-corrected chi connectivity index (χ0v) is 15.6. The molecule has 0 aromatic heterocycles. The van der Waals surface area contributed by atoms with Gasteiger partial charge in [-0.05, 0) is 34.7 Å². The second-order valence-corrected chi connectivity index (χ2v) is 6.57. The second-order valence-electron chi connectivity index (χ2n) is 6.57. The summed E-state index contributed by atoms with van der Waals surface area (Å²) < 4.78 is 0. The van der Waals surface area contributed by atoms with Gasteiger partial charge < -0.3 is 10.8 Å². The third-order valence-electron chi connectivity index (χ3n) is 4.49. The van der Waals surface area contributed by atoms with Crippen LogP contribution in [0.4, 0.5) is 0 Å². The van der Waals surface area contributed by atoms with E-state index in [2.05, 4.69) is 60.7 Å². The average molecular weight is 368 g/mol. The van der Waals surface area contributed by atoms with E-state index in [-0.39, 0.29) is 31.0 Å². The third kappa shape index (κ3) is 5.70. The lowest BCUT2D eigenvalue weighted by Gasteiger charge is -2.12. The molecular weight excluding hydrogens is 342 g/mol. The molecular formula is C23H26ClNO. The number of rotatable bonds is 7. The average Bonchev–Trinajstić information content (AvgIpc) is 2.66. The summed E-state index contributed by atoms with van der Waals surface area (Å²) >= 11 is 0. The van der Waals surface area contributed by atoms with Gasteiger partial charge in [-0.3, -0.25) is 0 Å². The molecule has 3 heteroatoms. The summed E-state index contributed by atoms with van der Waals surface area (Å²) in [4.78, 5) is 0. The summed E-state index contributed by atoms with van der Waals surface area (Å²) in [6.07, 6.45) is 5.71. The maximum Gasteiger partial charge on any atom is 0.0497 e. The first-order chi connectivity index (χ1) is 12.2. The van der Waals surface area contributed by atoms with Crippen LogP contribution in [0.1, 0.15) is 11.1 Å². The first-order valence-corrected chi connectivity index (χ1v) is 8.81. The SMILES string of the molecule is Cl.N[C@@H](C=CC(CO)Cc1ccccc1)Cc1ccc2ccccc2c1. The highest BCUT2D eigenvalue weighted by Gasteiger charge is 2.07. The Labute approximate surface area is 161 Å². The number of nitrogens with two attached hydrogens (primary N) is 1. The molecule has 3 aromatic rings. The van der Waals surface area contributed by atoms with Gasteiger partial charge in [0.1, 0.15) is 0 Å². The van der Waals surface area contributed by atoms with Crippen LogP contribution in [0.15, 0.2) is 84.9 Å². The highest BCUT2D eigenvalue weighted by molar-refractivity contribution is 5.85. The lowest BCUT2D eigenvalue weighted by Crippen LogP contribution is -2.20. The van der Waals surface area contributed by atoms with E-state index in [0.29, 0.717) is 0 Å². The molecule has 3 rings (SSSR count). The molecule has 1 unspecified atom stereocenters. The summed E-state index contributed by atoms with van der Waals surface area (Å²) in [5, 5.41) is 12.1. The lowest BCUT2D eigenvalue weighted by molar-refractivity contribution is 0.252. The minimum atomic E-state index is -0.0500. The minimum absolute atomic E-state index is 0. The van der Waals surface area contributed by atoms with Crippen LogP contribution in [0.2, 0.25) is 0 Å². The predicted octanol–water partition coefficient (Wildman–Crippen LogP) is 4.54. The summed E-state index contributed by atoms with van der Waals surface area (Å²) in [6, 6.07) is 25.0. The number of hydrogen-bond donors (Lipinski definition) is 2. The Morgan fingerprint density at radius 3 is 2.19 bits per heavy atom. The van der Waals surface area contributed by atoms with Crippen molar-refractivity contribution in [1.29, 1.82) is 0 Å². The van der Waals surface area contributed by atoms with E-state index in [1.165, 1.54) is 21.9 Å². The van der Waals surface area contributed by atoms with Crippen LogP contribution in [0.25, 0.3) is 10.8 Å². The molecule has 136 valence electrons. The van der Waals surface area contributed by atoms with Crippen molar-refractivity contribution in [2.75, 3.05) is 6.61 Å². The van der Waals surface area contributed by atoms with Gasteiger partial charge in [0, 0.05) is 18.6 Å². The van der Waals surface area contributed by atoms with Gasteiger partial charge in [-0.15, -0.1) is 12.4 Å². The number of fused-ring (bicyclic) bond motifs is 1. The number of halogens is 1. The highest BCUT2D eigenvalue weighted by Crippen LogP contribution is 2.17. The maximum atomic E-state index is 9.62. The van der Waals surface area contributed by atoms with E-state index in [4.69, 9.17) is 5.73 Å². The molecule has 3 N–H and O–H groups in total. The van der Waals surface area contributed by atoms with Gasteiger partial charge in [0.2, 0.25) is 0 Å². The summed E-state index contributed by atoms with van der Waals surface area (Å²) in [6.45, 7) is 0.133. The van der Waals surface area contributed by atoms with Crippen molar-refractivity contribution in [3.63, 3.8) is 0 Å². The second kappa shape index (κ2) is 10.1. The Bertz CT molecular complexity index is 832. The van der Waals surface area contributed by atoms with Crippen LogP contribution >= 0.6 is 12.4 Å². The number of hydrogen-bond acceptors (Lipinski definition) is 2. The fourth-order valence-corrected chi connectivity index (χ4v) is 3.12. The normalized spacial score (nSPS) is 13.5. The molecule has 0 bridgehead atoms. The Kier molecular flexibility index (Phi) is 7.86. The molecule has 0 saturated heterocycles. The first-order valence-electron chi connectivity index (χ1n) is 8.81. The molecule has 0 amide bonds. The lowest BCUT2D eigenvalue weighted by atomic mass is 9.97. The van der Waals surface area contributed by atoms with Crippen LogP contribution in [0.5, 0.6) is 0 Å². The highest BCUT2D eigenvalue weighted by atomic mass is 35.5. The van der Waals surface area contributed by atoms with Gasteiger partial charge >= 0.3 is 0 Å². The largest absolute Gasteiger partial charge is 0.396 e. The van der Waals surface area contributed by atoms with Crippen molar-refractivity contribution >= 4 is 23.2 Å². The fraction of sp³-hybridized carbons (Fsp3) is 0.217. The molecule has 0 fully saturated rings. The van der Waals surface area contributed by atoms with Crippen LogP contribution < -0.4 is 5.73 Å². The molecule has 26 heavy (non-hydrogen) atoms. The molecule has 2 nitrogen and oxygen atoms in total. The van der Waals surface area contributed by atoms with Gasteiger partial charge in [0.15, 0.2) is 0 Å². The molecule has 3 aromatic carbocycles. The monoisotopic (exact) mass is 367 g/mol. The van der Waals surface area contributed by atoms with E-state index in [1.54, 1.807) is 0 Å². The molecule has 0 aliphatic carbocycles. The molecule has 0 heterocycles. The number of aliphatic hydroxyl groups excluding tert-OH is 1. The Morgan fingerprint density at radius 1 is 0.769 bits per heavy atom. The third-order valence-corrected chi connectivity index (χ3v) is 4.49. The predicted molar refractivity (Wildman–Crippen MR) is 113 cm³/mol. The summed E-state index contributed by atoms with van der Waals surface area (Å²) in [5.41, 5.74) is 8.74. The summed E-state index contributed by atoms with van der Waals surface area (Å²) in [7, 11) is 0. The Balaban J connectivity index is 0.00000243. The van der Waals surface area contributed by atoms with Crippen LogP contribution in [-0.4, -0.2) is 17.8 Å². The van der Waals surface area contributed by atoms with Gasteiger partial charge in [-0.1, -0.05) is 84.9 Å². The Morgan fingerprint density at radius 2 is 1.46 bits per heavy atom. The topological polar surface area (TPSA) is 46.2 Å². The number of benzene rings is 3. The smallest absolute Gasteiger partial charge is 0.0497 e. The van der Waals surface area contributed by atoms with Crippen molar-refractivity contribution in [3.8, 4) is 0 Å². The van der Waals surface area contributed by atoms with Crippen LogP contribution in [-0.2, 0) is 12.8 Å². The molecule has 0 aliphatic heterocycles. The molecule has 0 aliphatic rings. The van der Waals surface area contributed by atoms with E-state index >= 15 is 0 Å². The van der Waals surface area contributed by atoms with Crippen molar-refractivity contribution in [2.24, 2.45) is 11.7 Å². The van der Waals surface area contributed by atoms with Crippen molar-refractivity contribution in [3.05, 3.63) is 96.1 Å². The van der Waals surface area contributed by atoms with Gasteiger partial charge in [-0.2, -0.15) is 0 Å². The summed E-state index contributed by atoms with van der Waals surface area (Å²) in [5.74, 6) is 0.102.